The number of rotatable bonds is 3. The second-order valence-corrected chi connectivity index (χ2v) is 5.25. The van der Waals surface area contributed by atoms with E-state index in [0.717, 1.165) is 6.42 Å². The van der Waals surface area contributed by atoms with E-state index in [4.69, 9.17) is 0 Å². The number of nitrogens with zero attached hydrogens (tertiary/aromatic N) is 1. The van der Waals surface area contributed by atoms with Crippen LogP contribution in [0.1, 0.15) is 12.8 Å². The van der Waals surface area contributed by atoms with Crippen LogP contribution in [0.2, 0.25) is 0 Å². The molecule has 1 saturated heterocycles. The Morgan fingerprint density at radius 1 is 1.28 bits per heavy atom. The Hall–Kier alpha value is -1.65. The molecule has 3 rings (SSSR count). The summed E-state index contributed by atoms with van der Waals surface area (Å²) in [4.78, 5) is 36.9. The molecule has 0 aromatic heterocycles. The molecule has 3 amide bonds. The Morgan fingerprint density at radius 3 is 2.33 bits per heavy atom. The van der Waals surface area contributed by atoms with Crippen LogP contribution in [0.25, 0.3) is 0 Å². The van der Waals surface area contributed by atoms with Crippen LogP contribution in [0, 0.1) is 23.7 Å². The molecule has 1 saturated carbocycles. The van der Waals surface area contributed by atoms with E-state index in [-0.39, 0.29) is 54.4 Å². The minimum absolute atomic E-state index is 0.0780. The van der Waals surface area contributed by atoms with Crippen molar-refractivity contribution < 1.29 is 14.4 Å². The van der Waals surface area contributed by atoms with Crippen LogP contribution < -0.4 is 5.32 Å². The SMILES string of the molecule is CNC(=O)CCN1C(=O)C2C3C=CC(C3)C2C1=O. The number of carbonyl (C=O) groups excluding carboxylic acids is 3. The number of allylic oxidation sites excluding steroid dienone is 2. The van der Waals surface area contributed by atoms with Crippen LogP contribution in [0.15, 0.2) is 12.2 Å². The summed E-state index contributed by atoms with van der Waals surface area (Å²) in [6.45, 7) is 0.212. The van der Waals surface area contributed by atoms with Gasteiger partial charge in [-0.2, -0.15) is 0 Å². The molecule has 18 heavy (non-hydrogen) atoms. The van der Waals surface area contributed by atoms with Gasteiger partial charge < -0.3 is 5.32 Å². The fourth-order valence-electron chi connectivity index (χ4n) is 3.52. The van der Waals surface area contributed by atoms with E-state index in [2.05, 4.69) is 17.5 Å². The monoisotopic (exact) mass is 248 g/mol. The lowest BCUT2D eigenvalue weighted by molar-refractivity contribution is -0.141. The summed E-state index contributed by atoms with van der Waals surface area (Å²) in [7, 11) is 1.55. The number of hydrogen-bond donors (Lipinski definition) is 1. The summed E-state index contributed by atoms with van der Waals surface area (Å²) in [5.74, 6) is -0.137. The third-order valence-electron chi connectivity index (χ3n) is 4.40. The van der Waals surface area contributed by atoms with Crippen molar-refractivity contribution in [3.05, 3.63) is 12.2 Å². The van der Waals surface area contributed by atoms with E-state index in [9.17, 15) is 14.4 Å². The second-order valence-electron chi connectivity index (χ2n) is 5.25. The fraction of sp³-hybridized carbons (Fsp3) is 0.615. The lowest BCUT2D eigenvalue weighted by Crippen LogP contribution is -2.36. The molecule has 2 bridgehead atoms. The van der Waals surface area contributed by atoms with Gasteiger partial charge >= 0.3 is 0 Å². The van der Waals surface area contributed by atoms with Crippen LogP contribution in [0.3, 0.4) is 0 Å². The van der Waals surface area contributed by atoms with Crippen molar-refractivity contribution in [2.75, 3.05) is 13.6 Å². The number of carbonyl (C=O) groups is 3. The first-order valence-electron chi connectivity index (χ1n) is 6.37. The summed E-state index contributed by atoms with van der Waals surface area (Å²) in [6, 6.07) is 0. The molecule has 0 radical (unpaired) electrons. The van der Waals surface area contributed by atoms with E-state index in [1.54, 1.807) is 7.05 Å². The van der Waals surface area contributed by atoms with E-state index in [0.29, 0.717) is 0 Å². The molecular weight excluding hydrogens is 232 g/mol. The number of amides is 3. The summed E-state index contributed by atoms with van der Waals surface area (Å²) < 4.78 is 0. The molecule has 2 aliphatic carbocycles. The van der Waals surface area contributed by atoms with E-state index < -0.39 is 0 Å². The van der Waals surface area contributed by atoms with Crippen LogP contribution in [-0.4, -0.2) is 36.2 Å². The molecule has 96 valence electrons. The quantitative estimate of drug-likeness (QED) is 0.561. The topological polar surface area (TPSA) is 66.5 Å². The predicted molar refractivity (Wildman–Crippen MR) is 63.1 cm³/mol. The van der Waals surface area contributed by atoms with Crippen molar-refractivity contribution in [2.24, 2.45) is 23.7 Å². The molecule has 1 heterocycles. The predicted octanol–water partition coefficient (Wildman–Crippen LogP) is -0.0704. The van der Waals surface area contributed by atoms with Gasteiger partial charge in [-0.15, -0.1) is 0 Å². The van der Waals surface area contributed by atoms with Crippen molar-refractivity contribution >= 4 is 17.7 Å². The van der Waals surface area contributed by atoms with Gasteiger partial charge in [0.25, 0.3) is 0 Å². The van der Waals surface area contributed by atoms with Gasteiger partial charge in [-0.1, -0.05) is 12.2 Å². The zero-order valence-electron chi connectivity index (χ0n) is 10.3. The molecular formula is C13H16N2O3. The highest BCUT2D eigenvalue weighted by molar-refractivity contribution is 6.06. The number of likely N-dealkylation sites (tertiary alicyclic amines) is 1. The second kappa shape index (κ2) is 3.93. The van der Waals surface area contributed by atoms with Gasteiger partial charge in [-0.05, 0) is 18.3 Å². The van der Waals surface area contributed by atoms with Crippen molar-refractivity contribution in [1.29, 1.82) is 0 Å². The van der Waals surface area contributed by atoms with Gasteiger partial charge in [0.2, 0.25) is 17.7 Å². The number of hydrogen-bond acceptors (Lipinski definition) is 3. The minimum atomic E-state index is -0.155. The molecule has 3 aliphatic rings. The van der Waals surface area contributed by atoms with Gasteiger partial charge in [-0.25, -0.2) is 0 Å². The van der Waals surface area contributed by atoms with Crippen molar-refractivity contribution in [3.63, 3.8) is 0 Å². The van der Waals surface area contributed by atoms with Crippen LogP contribution in [-0.2, 0) is 14.4 Å². The highest BCUT2D eigenvalue weighted by Crippen LogP contribution is 2.52. The minimum Gasteiger partial charge on any atom is -0.359 e. The summed E-state index contributed by atoms with van der Waals surface area (Å²) in [5, 5.41) is 2.50. The molecule has 5 nitrogen and oxygen atoms in total. The van der Waals surface area contributed by atoms with E-state index >= 15 is 0 Å². The Morgan fingerprint density at radius 2 is 1.83 bits per heavy atom. The zero-order chi connectivity index (χ0) is 12.9. The van der Waals surface area contributed by atoms with Gasteiger partial charge in [-0.3, -0.25) is 19.3 Å². The Bertz CT molecular complexity index is 427. The van der Waals surface area contributed by atoms with E-state index in [1.807, 2.05) is 0 Å². The molecule has 5 heteroatoms. The molecule has 0 spiro atoms. The maximum atomic E-state index is 12.2. The number of imide groups is 1. The lowest BCUT2D eigenvalue weighted by Gasteiger charge is -2.16. The highest BCUT2D eigenvalue weighted by atomic mass is 16.2. The molecule has 1 N–H and O–H groups in total. The Balaban J connectivity index is 1.74. The zero-order valence-corrected chi connectivity index (χ0v) is 10.3. The standard InChI is InChI=1S/C13H16N2O3/c1-14-9(16)4-5-15-12(17)10-7-2-3-8(6-7)11(10)13(15)18/h2-3,7-8,10-11H,4-6H2,1H3,(H,14,16). The number of nitrogens with one attached hydrogen (secondary N) is 1. The summed E-state index contributed by atoms with van der Waals surface area (Å²) >= 11 is 0. The van der Waals surface area contributed by atoms with Gasteiger partial charge in [0.1, 0.15) is 0 Å². The average Bonchev–Trinajstić information content (AvgIpc) is 3.02. The Kier molecular flexibility index (Phi) is 2.50. The van der Waals surface area contributed by atoms with Crippen LogP contribution >= 0.6 is 0 Å². The summed E-state index contributed by atoms with van der Waals surface area (Å²) in [6.07, 6.45) is 5.27. The molecule has 2 fully saturated rings. The average molecular weight is 248 g/mol. The maximum absolute atomic E-state index is 12.2. The van der Waals surface area contributed by atoms with Gasteiger partial charge in [0.05, 0.1) is 11.8 Å². The van der Waals surface area contributed by atoms with Gasteiger partial charge in [0.15, 0.2) is 0 Å². The van der Waals surface area contributed by atoms with E-state index in [1.165, 1.54) is 4.90 Å². The first-order chi connectivity index (χ1) is 8.63. The smallest absolute Gasteiger partial charge is 0.233 e. The normalized spacial score (nSPS) is 36.4. The molecule has 1 aliphatic heterocycles. The maximum Gasteiger partial charge on any atom is 0.233 e. The fourth-order valence-corrected chi connectivity index (χ4v) is 3.52. The van der Waals surface area contributed by atoms with Crippen LogP contribution in [0.5, 0.6) is 0 Å². The van der Waals surface area contributed by atoms with Gasteiger partial charge in [0, 0.05) is 20.0 Å². The first-order valence-corrected chi connectivity index (χ1v) is 6.37. The molecule has 0 aromatic carbocycles. The first kappa shape index (κ1) is 11.4. The van der Waals surface area contributed by atoms with Crippen LogP contribution in [0.4, 0.5) is 0 Å². The summed E-state index contributed by atoms with van der Waals surface area (Å²) in [5.41, 5.74) is 0. The van der Waals surface area contributed by atoms with Crippen molar-refractivity contribution in [1.82, 2.24) is 10.2 Å². The third-order valence-corrected chi connectivity index (χ3v) is 4.40. The Labute approximate surface area is 105 Å². The largest absolute Gasteiger partial charge is 0.359 e. The number of fused-ring (bicyclic) bond motifs is 5. The molecule has 4 atom stereocenters. The molecule has 4 unspecified atom stereocenters. The molecule has 0 aromatic rings. The van der Waals surface area contributed by atoms with Crippen molar-refractivity contribution in [3.8, 4) is 0 Å². The van der Waals surface area contributed by atoms with Crippen molar-refractivity contribution in [2.45, 2.75) is 12.8 Å². The lowest BCUT2D eigenvalue weighted by atomic mass is 9.85. The third kappa shape index (κ3) is 1.43. The highest BCUT2D eigenvalue weighted by Gasteiger charge is 2.58.